The minimum absolute atomic E-state index is 0.00335. The van der Waals surface area contributed by atoms with Gasteiger partial charge in [-0.3, -0.25) is 4.79 Å². The van der Waals surface area contributed by atoms with Crippen molar-refractivity contribution in [1.82, 2.24) is 0 Å². The van der Waals surface area contributed by atoms with Crippen molar-refractivity contribution in [3.63, 3.8) is 0 Å². The van der Waals surface area contributed by atoms with Crippen LogP contribution in [0, 0.1) is 0 Å². The predicted molar refractivity (Wildman–Crippen MR) is 67.1 cm³/mol. The van der Waals surface area contributed by atoms with Gasteiger partial charge in [-0.1, -0.05) is 6.08 Å². The second kappa shape index (κ2) is 5.95. The molecule has 2 fully saturated rings. The van der Waals surface area contributed by atoms with Gasteiger partial charge < -0.3 is 14.6 Å². The highest BCUT2D eigenvalue weighted by Gasteiger charge is 2.45. The molecule has 0 aromatic heterocycles. The summed E-state index contributed by atoms with van der Waals surface area (Å²) >= 11 is 0. The van der Waals surface area contributed by atoms with Crippen molar-refractivity contribution < 1.29 is 19.4 Å². The Morgan fingerprint density at radius 1 is 1.44 bits per heavy atom. The molecule has 0 bridgehead atoms. The summed E-state index contributed by atoms with van der Waals surface area (Å²) in [6, 6.07) is 0. The van der Waals surface area contributed by atoms with Crippen LogP contribution >= 0.6 is 0 Å². The third kappa shape index (κ3) is 3.19. The van der Waals surface area contributed by atoms with E-state index in [0.29, 0.717) is 12.8 Å². The molecule has 4 nitrogen and oxygen atoms in total. The van der Waals surface area contributed by atoms with Crippen LogP contribution in [-0.4, -0.2) is 35.5 Å². The Hall–Kier alpha value is -0.710. The molecule has 0 radical (unpaired) electrons. The quantitative estimate of drug-likeness (QED) is 0.779. The molecule has 0 saturated carbocycles. The van der Waals surface area contributed by atoms with Crippen molar-refractivity contribution in [2.75, 3.05) is 6.61 Å². The van der Waals surface area contributed by atoms with Gasteiger partial charge in [0.25, 0.3) is 0 Å². The highest BCUT2D eigenvalue weighted by Crippen LogP contribution is 2.38. The topological polar surface area (TPSA) is 55.8 Å². The summed E-state index contributed by atoms with van der Waals surface area (Å²) in [4.78, 5) is 11.9. The Kier molecular flexibility index (Phi) is 4.54. The van der Waals surface area contributed by atoms with E-state index in [1.165, 1.54) is 0 Å². The minimum atomic E-state index is -0.771. The number of allylic oxidation sites excluding steroid dienone is 1. The fraction of sp³-hybridized carbons (Fsp3) is 0.786. The SMILES string of the molecule is C=CCCC1CC(=O)CC2(CCCC(CO)O2)O1. The third-order valence-corrected chi connectivity index (χ3v) is 3.66. The zero-order chi connectivity index (χ0) is 13.0. The average Bonchev–Trinajstić information content (AvgIpc) is 2.35. The molecular formula is C14H22O4. The number of Topliss-reactive ketones (excluding diaryl/α,β-unsaturated/α-hetero) is 1. The smallest absolute Gasteiger partial charge is 0.176 e. The molecule has 2 heterocycles. The lowest BCUT2D eigenvalue weighted by molar-refractivity contribution is -0.309. The monoisotopic (exact) mass is 254 g/mol. The number of hydrogen-bond acceptors (Lipinski definition) is 4. The zero-order valence-corrected chi connectivity index (χ0v) is 10.8. The van der Waals surface area contributed by atoms with Gasteiger partial charge >= 0.3 is 0 Å². The number of carbonyl (C=O) groups excluding carboxylic acids is 1. The molecule has 3 unspecified atom stereocenters. The molecule has 2 rings (SSSR count). The van der Waals surface area contributed by atoms with Crippen LogP contribution in [0.4, 0.5) is 0 Å². The molecule has 0 aromatic carbocycles. The molecule has 1 N–H and O–H groups in total. The van der Waals surface area contributed by atoms with Crippen molar-refractivity contribution in [2.24, 2.45) is 0 Å². The first-order chi connectivity index (χ1) is 8.67. The van der Waals surface area contributed by atoms with Gasteiger partial charge in [-0.2, -0.15) is 0 Å². The summed E-state index contributed by atoms with van der Waals surface area (Å²) < 4.78 is 11.8. The number of aliphatic hydroxyl groups excluding tert-OH is 1. The van der Waals surface area contributed by atoms with Crippen LogP contribution in [0.1, 0.15) is 44.9 Å². The van der Waals surface area contributed by atoms with Gasteiger partial charge in [0.2, 0.25) is 0 Å². The maximum absolute atomic E-state index is 11.9. The van der Waals surface area contributed by atoms with E-state index >= 15 is 0 Å². The van der Waals surface area contributed by atoms with Gasteiger partial charge in [-0.05, 0) is 25.7 Å². The molecule has 2 aliphatic heterocycles. The molecule has 0 aliphatic carbocycles. The Labute approximate surface area is 108 Å². The lowest BCUT2D eigenvalue weighted by Crippen LogP contribution is -2.51. The van der Waals surface area contributed by atoms with Gasteiger partial charge in [-0.25, -0.2) is 0 Å². The van der Waals surface area contributed by atoms with Crippen LogP contribution in [0.15, 0.2) is 12.7 Å². The Balaban J connectivity index is 2.01. The largest absolute Gasteiger partial charge is 0.394 e. The lowest BCUT2D eigenvalue weighted by Gasteiger charge is -2.45. The Morgan fingerprint density at radius 2 is 2.22 bits per heavy atom. The van der Waals surface area contributed by atoms with Crippen molar-refractivity contribution >= 4 is 5.78 Å². The summed E-state index contributed by atoms with van der Waals surface area (Å²) in [6.07, 6.45) is 6.57. The Morgan fingerprint density at radius 3 is 2.94 bits per heavy atom. The van der Waals surface area contributed by atoms with Crippen LogP contribution in [0.2, 0.25) is 0 Å². The number of carbonyl (C=O) groups is 1. The summed E-state index contributed by atoms with van der Waals surface area (Å²) in [5, 5.41) is 9.20. The van der Waals surface area contributed by atoms with Crippen molar-refractivity contribution in [3.05, 3.63) is 12.7 Å². The van der Waals surface area contributed by atoms with Crippen LogP contribution in [-0.2, 0) is 14.3 Å². The van der Waals surface area contributed by atoms with E-state index in [-0.39, 0.29) is 24.6 Å². The summed E-state index contributed by atoms with van der Waals surface area (Å²) in [6.45, 7) is 3.69. The first-order valence-corrected chi connectivity index (χ1v) is 6.76. The summed E-state index contributed by atoms with van der Waals surface area (Å²) in [5.74, 6) is -0.568. The fourth-order valence-corrected chi connectivity index (χ4v) is 2.84. The number of hydrogen-bond donors (Lipinski definition) is 1. The van der Waals surface area contributed by atoms with E-state index in [0.717, 1.165) is 32.1 Å². The van der Waals surface area contributed by atoms with Crippen LogP contribution in [0.3, 0.4) is 0 Å². The van der Waals surface area contributed by atoms with E-state index in [1.807, 2.05) is 6.08 Å². The van der Waals surface area contributed by atoms with E-state index < -0.39 is 5.79 Å². The molecule has 3 atom stereocenters. The van der Waals surface area contributed by atoms with E-state index in [9.17, 15) is 9.90 Å². The molecule has 2 aliphatic rings. The van der Waals surface area contributed by atoms with Crippen molar-refractivity contribution in [3.8, 4) is 0 Å². The van der Waals surface area contributed by atoms with E-state index in [4.69, 9.17) is 9.47 Å². The summed E-state index contributed by atoms with van der Waals surface area (Å²) in [7, 11) is 0. The highest BCUT2D eigenvalue weighted by atomic mass is 16.7. The molecule has 102 valence electrons. The van der Waals surface area contributed by atoms with Crippen LogP contribution < -0.4 is 0 Å². The van der Waals surface area contributed by atoms with Gasteiger partial charge in [0.1, 0.15) is 5.78 Å². The number of rotatable bonds is 4. The average molecular weight is 254 g/mol. The molecule has 1 spiro atoms. The number of ether oxygens (including phenoxy) is 2. The van der Waals surface area contributed by atoms with Crippen molar-refractivity contribution in [2.45, 2.75) is 62.9 Å². The normalized spacial score (nSPS) is 36.8. The van der Waals surface area contributed by atoms with Gasteiger partial charge in [0.05, 0.1) is 25.2 Å². The molecule has 18 heavy (non-hydrogen) atoms. The second-order valence-corrected chi connectivity index (χ2v) is 5.25. The maximum Gasteiger partial charge on any atom is 0.176 e. The van der Waals surface area contributed by atoms with Gasteiger partial charge in [-0.15, -0.1) is 6.58 Å². The maximum atomic E-state index is 11.9. The Bertz CT molecular complexity index is 315. The first kappa shape index (κ1) is 13.7. The standard InChI is InChI=1S/C14H22O4/c1-2-3-5-12-8-11(16)9-14(17-12)7-4-6-13(10-15)18-14/h2,12-13,15H,1,3-10H2. The number of aliphatic hydroxyl groups is 1. The zero-order valence-electron chi connectivity index (χ0n) is 10.8. The van der Waals surface area contributed by atoms with Gasteiger partial charge in [0.15, 0.2) is 5.79 Å². The molecule has 0 aromatic rings. The summed E-state index contributed by atoms with van der Waals surface area (Å²) in [5.41, 5.74) is 0. The van der Waals surface area contributed by atoms with E-state index in [1.54, 1.807) is 0 Å². The third-order valence-electron chi connectivity index (χ3n) is 3.66. The second-order valence-electron chi connectivity index (χ2n) is 5.25. The molecule has 2 saturated heterocycles. The van der Waals surface area contributed by atoms with Crippen LogP contribution in [0.25, 0.3) is 0 Å². The van der Waals surface area contributed by atoms with E-state index in [2.05, 4.69) is 6.58 Å². The highest BCUT2D eigenvalue weighted by molar-refractivity contribution is 5.80. The fourth-order valence-electron chi connectivity index (χ4n) is 2.84. The molecule has 4 heteroatoms. The van der Waals surface area contributed by atoms with Crippen LogP contribution in [0.5, 0.6) is 0 Å². The lowest BCUT2D eigenvalue weighted by atomic mass is 9.91. The predicted octanol–water partition coefficient (Wildman–Crippen LogP) is 1.96. The minimum Gasteiger partial charge on any atom is -0.394 e. The molecule has 0 amide bonds. The number of ketones is 1. The first-order valence-electron chi connectivity index (χ1n) is 6.76. The molecular weight excluding hydrogens is 232 g/mol. The van der Waals surface area contributed by atoms with Crippen molar-refractivity contribution in [1.29, 1.82) is 0 Å². The van der Waals surface area contributed by atoms with Gasteiger partial charge in [0, 0.05) is 12.8 Å².